The van der Waals surface area contributed by atoms with Gasteiger partial charge in [-0.05, 0) is 35.2 Å². The average Bonchev–Trinajstić information content (AvgIpc) is 2.76. The van der Waals surface area contributed by atoms with Gasteiger partial charge in [-0.3, -0.25) is 5.43 Å². The average molecular weight is 461 g/mol. The molecule has 0 spiro atoms. The summed E-state index contributed by atoms with van der Waals surface area (Å²) >= 11 is 5.30. The van der Waals surface area contributed by atoms with Gasteiger partial charge in [0.1, 0.15) is 0 Å². The van der Waals surface area contributed by atoms with Gasteiger partial charge in [0.05, 0.1) is 21.3 Å². The summed E-state index contributed by atoms with van der Waals surface area (Å²) in [4.78, 5) is 12.6. The van der Waals surface area contributed by atoms with Crippen molar-refractivity contribution in [1.82, 2.24) is 10.9 Å². The highest BCUT2D eigenvalue weighted by atomic mass is 32.1. The minimum absolute atomic E-state index is 0.190. The Labute approximate surface area is 195 Å². The van der Waals surface area contributed by atoms with Gasteiger partial charge >= 0.3 is 6.03 Å². The van der Waals surface area contributed by atoms with Crippen LogP contribution in [0.5, 0.6) is 17.2 Å². The van der Waals surface area contributed by atoms with Crippen molar-refractivity contribution in [2.24, 2.45) is 0 Å². The van der Waals surface area contributed by atoms with E-state index in [-0.39, 0.29) is 16.9 Å². The van der Waals surface area contributed by atoms with Crippen molar-refractivity contribution in [1.29, 1.82) is 0 Å². The number of carbonyl (C=O) groups is 1. The molecular weight excluding hydrogens is 428 g/mol. The third kappa shape index (κ3) is 6.16. The molecule has 2 amide bonds. The van der Waals surface area contributed by atoms with E-state index >= 15 is 0 Å². The number of hydrazine groups is 1. The van der Waals surface area contributed by atoms with E-state index in [1.807, 2.05) is 18.2 Å². The van der Waals surface area contributed by atoms with Gasteiger partial charge in [-0.25, -0.2) is 10.2 Å². The molecule has 8 nitrogen and oxygen atoms in total. The fourth-order valence-electron chi connectivity index (χ4n) is 3.27. The molecule has 0 atom stereocenters. The quantitative estimate of drug-likeness (QED) is 0.342. The second-order valence-corrected chi connectivity index (χ2v) is 8.10. The number of amides is 2. The first-order valence-corrected chi connectivity index (χ1v) is 10.7. The van der Waals surface area contributed by atoms with Gasteiger partial charge < -0.3 is 24.8 Å². The van der Waals surface area contributed by atoms with Gasteiger partial charge in [0.25, 0.3) is 0 Å². The third-order valence-electron chi connectivity index (χ3n) is 4.82. The predicted octanol–water partition coefficient (Wildman–Crippen LogP) is 4.98. The minimum Gasteiger partial charge on any atom is -0.493 e. The Balaban J connectivity index is 2.07. The lowest BCUT2D eigenvalue weighted by atomic mass is 9.93. The van der Waals surface area contributed by atoms with Gasteiger partial charge in [-0.2, -0.15) is 0 Å². The largest absolute Gasteiger partial charge is 0.493 e. The first-order valence-electron chi connectivity index (χ1n) is 10.3. The Hall–Kier alpha value is -3.20. The van der Waals surface area contributed by atoms with Crippen LogP contribution in [0.3, 0.4) is 0 Å². The Kier molecular flexibility index (Phi) is 8.95. The number of nitrogens with one attached hydrogen (secondary N) is 4. The molecule has 0 fully saturated rings. The lowest BCUT2D eigenvalue weighted by molar-refractivity contribution is 0.250. The lowest BCUT2D eigenvalue weighted by Crippen LogP contribution is -2.45. The van der Waals surface area contributed by atoms with Crippen LogP contribution < -0.4 is 35.7 Å². The van der Waals surface area contributed by atoms with Crippen LogP contribution >= 0.6 is 12.2 Å². The van der Waals surface area contributed by atoms with Crippen LogP contribution in [0.2, 0.25) is 0 Å². The van der Waals surface area contributed by atoms with Crippen molar-refractivity contribution in [3.8, 4) is 17.2 Å². The maximum atomic E-state index is 12.6. The monoisotopic (exact) mass is 460 g/mol. The summed E-state index contributed by atoms with van der Waals surface area (Å²) in [7, 11) is 4.60. The van der Waals surface area contributed by atoms with Gasteiger partial charge in [0.15, 0.2) is 16.6 Å². The number of urea groups is 1. The third-order valence-corrected chi connectivity index (χ3v) is 5.03. The first-order chi connectivity index (χ1) is 15.2. The predicted molar refractivity (Wildman–Crippen MR) is 132 cm³/mol. The minimum atomic E-state index is -0.422. The maximum absolute atomic E-state index is 12.6. The van der Waals surface area contributed by atoms with Crippen molar-refractivity contribution in [2.45, 2.75) is 39.5 Å². The molecular formula is C23H32N4O4S. The molecule has 2 aromatic carbocycles. The van der Waals surface area contributed by atoms with E-state index in [1.54, 1.807) is 12.1 Å². The Morgan fingerprint density at radius 1 is 0.844 bits per heavy atom. The van der Waals surface area contributed by atoms with Crippen LogP contribution in [0, 0.1) is 0 Å². The van der Waals surface area contributed by atoms with Crippen LogP contribution in [0.15, 0.2) is 30.3 Å². The molecule has 0 bridgehead atoms. The molecule has 9 heteroatoms. The number of anilines is 2. The van der Waals surface area contributed by atoms with E-state index < -0.39 is 6.03 Å². The molecule has 0 heterocycles. The van der Waals surface area contributed by atoms with Crippen molar-refractivity contribution in [3.05, 3.63) is 41.5 Å². The number of methoxy groups -OCH3 is 3. The van der Waals surface area contributed by atoms with Crippen LogP contribution in [0.1, 0.15) is 50.7 Å². The molecule has 0 saturated heterocycles. The van der Waals surface area contributed by atoms with E-state index in [4.69, 9.17) is 26.4 Å². The number of para-hydroxylation sites is 1. The number of benzene rings is 2. The van der Waals surface area contributed by atoms with Crippen molar-refractivity contribution >= 4 is 34.7 Å². The molecule has 0 radical (unpaired) electrons. The second kappa shape index (κ2) is 11.4. The molecule has 0 aromatic heterocycles. The van der Waals surface area contributed by atoms with Crippen LogP contribution in [0.25, 0.3) is 0 Å². The summed E-state index contributed by atoms with van der Waals surface area (Å²) in [6, 6.07) is 9.07. The summed E-state index contributed by atoms with van der Waals surface area (Å²) < 4.78 is 16.0. The topological polar surface area (TPSA) is 92.9 Å². The van der Waals surface area contributed by atoms with Crippen molar-refractivity contribution in [3.63, 3.8) is 0 Å². The SMILES string of the molecule is COc1cc(NC(=S)NNC(=O)Nc2c(C(C)C)cccc2C(C)C)cc(OC)c1OC. The molecule has 2 rings (SSSR count). The van der Waals surface area contributed by atoms with E-state index in [0.29, 0.717) is 22.9 Å². The smallest absolute Gasteiger partial charge is 0.337 e. The van der Waals surface area contributed by atoms with Crippen LogP contribution in [-0.4, -0.2) is 32.5 Å². The molecule has 0 aliphatic heterocycles. The number of rotatable bonds is 7. The Bertz CT molecular complexity index is 912. The fourth-order valence-corrected chi connectivity index (χ4v) is 3.44. The Morgan fingerprint density at radius 3 is 1.81 bits per heavy atom. The zero-order chi connectivity index (χ0) is 23.8. The highest BCUT2D eigenvalue weighted by Crippen LogP contribution is 2.39. The fraction of sp³-hybridized carbons (Fsp3) is 0.391. The van der Waals surface area contributed by atoms with E-state index in [2.05, 4.69) is 49.2 Å². The van der Waals surface area contributed by atoms with Crippen LogP contribution in [-0.2, 0) is 0 Å². The van der Waals surface area contributed by atoms with Gasteiger partial charge in [0.2, 0.25) is 5.75 Å². The standard InChI is InChI=1S/C23H32N4O4S/c1-13(2)16-9-8-10-17(14(3)4)20(16)25-22(28)26-27-23(32)24-15-11-18(29-5)21(31-7)19(12-15)30-6/h8-14H,1-7H3,(H2,24,27,32)(H2,25,26,28). The van der Waals surface area contributed by atoms with E-state index in [1.165, 1.54) is 21.3 Å². The molecule has 0 unspecified atom stereocenters. The zero-order valence-electron chi connectivity index (χ0n) is 19.6. The number of ether oxygens (including phenoxy) is 3. The molecule has 0 aliphatic rings. The number of hydrogen-bond donors (Lipinski definition) is 4. The molecule has 2 aromatic rings. The number of carbonyl (C=O) groups excluding carboxylic acids is 1. The molecule has 0 aliphatic carbocycles. The number of thiocarbonyl (C=S) groups is 1. The normalized spacial score (nSPS) is 10.5. The van der Waals surface area contributed by atoms with Crippen LogP contribution in [0.4, 0.5) is 16.2 Å². The highest BCUT2D eigenvalue weighted by molar-refractivity contribution is 7.80. The summed E-state index contributed by atoms with van der Waals surface area (Å²) in [5, 5.41) is 6.13. The lowest BCUT2D eigenvalue weighted by Gasteiger charge is -2.21. The maximum Gasteiger partial charge on any atom is 0.337 e. The van der Waals surface area contributed by atoms with E-state index in [9.17, 15) is 4.79 Å². The first kappa shape index (κ1) is 25.1. The van der Waals surface area contributed by atoms with Gasteiger partial charge in [0, 0.05) is 23.5 Å². The van der Waals surface area contributed by atoms with Gasteiger partial charge in [-0.15, -0.1) is 0 Å². The molecule has 0 saturated carbocycles. The highest BCUT2D eigenvalue weighted by Gasteiger charge is 2.17. The van der Waals surface area contributed by atoms with Crippen molar-refractivity contribution < 1.29 is 19.0 Å². The summed E-state index contributed by atoms with van der Waals surface area (Å²) in [5.41, 5.74) is 8.84. The number of hydrogen-bond acceptors (Lipinski definition) is 5. The van der Waals surface area contributed by atoms with Gasteiger partial charge in [-0.1, -0.05) is 45.9 Å². The van der Waals surface area contributed by atoms with E-state index in [0.717, 1.165) is 16.8 Å². The summed E-state index contributed by atoms with van der Waals surface area (Å²) in [5.74, 6) is 1.96. The molecule has 32 heavy (non-hydrogen) atoms. The summed E-state index contributed by atoms with van der Waals surface area (Å²) in [6.07, 6.45) is 0. The van der Waals surface area contributed by atoms with Crippen molar-refractivity contribution in [2.75, 3.05) is 32.0 Å². The summed E-state index contributed by atoms with van der Waals surface area (Å²) in [6.45, 7) is 8.38. The molecule has 174 valence electrons. The zero-order valence-corrected chi connectivity index (χ0v) is 20.4. The second-order valence-electron chi connectivity index (χ2n) is 7.69. The molecule has 4 N–H and O–H groups in total. The Morgan fingerprint density at radius 2 is 1.38 bits per heavy atom.